The molecule has 1 N–H and O–H groups in total. The molecule has 0 heterocycles. The van der Waals surface area contributed by atoms with Gasteiger partial charge in [0.15, 0.2) is 0 Å². The Bertz CT molecular complexity index is 186. The maximum Gasteiger partial charge on any atom is 0.0489 e. The molecule has 1 nitrogen and oxygen atoms in total. The molecule has 0 aromatic carbocycles. The Morgan fingerprint density at radius 3 is 1.69 bits per heavy atom. The summed E-state index contributed by atoms with van der Waals surface area (Å²) in [4.78, 5) is 0. The van der Waals surface area contributed by atoms with Crippen LogP contribution in [0, 0.1) is 23.2 Å². The van der Waals surface area contributed by atoms with Gasteiger partial charge in [0.1, 0.15) is 0 Å². The molecule has 2 rings (SSSR count). The van der Waals surface area contributed by atoms with Crippen LogP contribution in [0.2, 0.25) is 0 Å². The topological polar surface area (TPSA) is 20.2 Å². The predicted molar refractivity (Wildman–Crippen MR) is 70.4 cm³/mol. The second-order valence-corrected chi connectivity index (χ2v) is 6.46. The van der Waals surface area contributed by atoms with Gasteiger partial charge in [0.2, 0.25) is 0 Å². The molecule has 0 atom stereocenters. The summed E-state index contributed by atoms with van der Waals surface area (Å²) < 4.78 is 0. The van der Waals surface area contributed by atoms with E-state index in [2.05, 4.69) is 27.7 Å². The van der Waals surface area contributed by atoms with Gasteiger partial charge in [-0.3, -0.25) is 0 Å². The summed E-state index contributed by atoms with van der Waals surface area (Å²) in [5.74, 6) is 2.68. The minimum atomic E-state index is 0.347. The molecule has 0 saturated heterocycles. The first-order valence-corrected chi connectivity index (χ1v) is 7.12. The molecule has 0 amide bonds. The fraction of sp³-hybridized carbons (Fsp3) is 1.00. The van der Waals surface area contributed by atoms with E-state index in [4.69, 9.17) is 5.11 Å². The van der Waals surface area contributed by atoms with E-state index in [0.717, 1.165) is 11.8 Å². The second kappa shape index (κ2) is 6.05. The predicted octanol–water partition coefficient (Wildman–Crippen LogP) is 4.25. The zero-order valence-electron chi connectivity index (χ0n) is 11.6. The highest BCUT2D eigenvalue weighted by molar-refractivity contribution is 4.94. The van der Waals surface area contributed by atoms with Crippen molar-refractivity contribution in [2.45, 2.75) is 66.2 Å². The summed E-state index contributed by atoms with van der Waals surface area (Å²) in [5, 5.41) is 8.83. The van der Waals surface area contributed by atoms with E-state index in [0.29, 0.717) is 17.9 Å². The van der Waals surface area contributed by atoms with Crippen LogP contribution in [0.1, 0.15) is 66.2 Å². The largest absolute Gasteiger partial charge is 0.396 e. The third-order valence-corrected chi connectivity index (χ3v) is 4.77. The van der Waals surface area contributed by atoms with Gasteiger partial charge in [-0.15, -0.1) is 0 Å². The summed E-state index contributed by atoms with van der Waals surface area (Å²) in [6.07, 6.45) is 8.45. The Hall–Kier alpha value is -0.0400. The third kappa shape index (κ3) is 3.76. The number of aliphatic hydroxyl groups excluding tert-OH is 1. The fourth-order valence-electron chi connectivity index (χ4n) is 2.70. The lowest BCUT2D eigenvalue weighted by Gasteiger charge is -2.14. The second-order valence-electron chi connectivity index (χ2n) is 6.46. The van der Waals surface area contributed by atoms with Crippen LogP contribution in [0.15, 0.2) is 0 Å². The summed E-state index contributed by atoms with van der Waals surface area (Å²) in [5.41, 5.74) is 0.347. The molecular formula is C15H30O. The number of hydrogen-bond acceptors (Lipinski definition) is 1. The molecular weight excluding hydrogens is 196 g/mol. The van der Waals surface area contributed by atoms with Crippen molar-refractivity contribution in [3.8, 4) is 0 Å². The van der Waals surface area contributed by atoms with Crippen molar-refractivity contribution >= 4 is 0 Å². The highest BCUT2D eigenvalue weighted by Crippen LogP contribution is 2.51. The molecule has 0 aliphatic heterocycles. The Kier molecular flexibility index (Phi) is 5.30. The fourth-order valence-corrected chi connectivity index (χ4v) is 2.70. The molecule has 0 radical (unpaired) electrons. The van der Waals surface area contributed by atoms with Crippen LogP contribution in [0.4, 0.5) is 0 Å². The SMILES string of the molecule is CC(C)C1(CO)CC1.CC(C)C1CCCC1. The van der Waals surface area contributed by atoms with Crippen LogP contribution < -0.4 is 0 Å². The van der Waals surface area contributed by atoms with Crippen molar-refractivity contribution in [3.63, 3.8) is 0 Å². The molecule has 0 aromatic heterocycles. The van der Waals surface area contributed by atoms with Crippen molar-refractivity contribution < 1.29 is 5.11 Å². The highest BCUT2D eigenvalue weighted by atomic mass is 16.3. The quantitative estimate of drug-likeness (QED) is 0.763. The molecule has 2 aliphatic carbocycles. The van der Waals surface area contributed by atoms with Gasteiger partial charge in [-0.2, -0.15) is 0 Å². The van der Waals surface area contributed by atoms with Crippen molar-refractivity contribution in [1.82, 2.24) is 0 Å². The van der Waals surface area contributed by atoms with Crippen molar-refractivity contribution in [2.24, 2.45) is 23.2 Å². The summed E-state index contributed by atoms with van der Waals surface area (Å²) in [6, 6.07) is 0. The van der Waals surface area contributed by atoms with E-state index >= 15 is 0 Å². The van der Waals surface area contributed by atoms with Gasteiger partial charge >= 0.3 is 0 Å². The van der Waals surface area contributed by atoms with E-state index in [9.17, 15) is 0 Å². The van der Waals surface area contributed by atoms with Crippen molar-refractivity contribution in [2.75, 3.05) is 6.61 Å². The van der Waals surface area contributed by atoms with Gasteiger partial charge < -0.3 is 5.11 Å². The average Bonchev–Trinajstić information content (AvgIpc) is 2.85. The van der Waals surface area contributed by atoms with E-state index < -0.39 is 0 Å². The third-order valence-electron chi connectivity index (χ3n) is 4.77. The number of aliphatic hydroxyl groups is 1. The molecule has 0 aromatic rings. The van der Waals surface area contributed by atoms with Gasteiger partial charge in [-0.05, 0) is 36.0 Å². The van der Waals surface area contributed by atoms with Crippen LogP contribution >= 0.6 is 0 Å². The van der Waals surface area contributed by atoms with Gasteiger partial charge in [-0.1, -0.05) is 53.4 Å². The van der Waals surface area contributed by atoms with Gasteiger partial charge in [0, 0.05) is 6.61 Å². The molecule has 2 fully saturated rings. The van der Waals surface area contributed by atoms with Crippen LogP contribution in [0.5, 0.6) is 0 Å². The molecule has 2 saturated carbocycles. The van der Waals surface area contributed by atoms with Crippen molar-refractivity contribution in [1.29, 1.82) is 0 Å². The van der Waals surface area contributed by atoms with Crippen LogP contribution in [-0.4, -0.2) is 11.7 Å². The van der Waals surface area contributed by atoms with Crippen LogP contribution in [-0.2, 0) is 0 Å². The first-order valence-electron chi connectivity index (χ1n) is 7.12. The zero-order valence-corrected chi connectivity index (χ0v) is 11.6. The molecule has 2 aliphatic rings. The molecule has 16 heavy (non-hydrogen) atoms. The molecule has 0 spiro atoms. The molecule has 0 unspecified atom stereocenters. The van der Waals surface area contributed by atoms with Gasteiger partial charge in [0.25, 0.3) is 0 Å². The lowest BCUT2D eigenvalue weighted by Crippen LogP contribution is -2.13. The maximum atomic E-state index is 8.83. The Morgan fingerprint density at radius 1 is 1.06 bits per heavy atom. The van der Waals surface area contributed by atoms with Crippen LogP contribution in [0.25, 0.3) is 0 Å². The Labute approximate surface area is 102 Å². The van der Waals surface area contributed by atoms with Crippen LogP contribution in [0.3, 0.4) is 0 Å². The lowest BCUT2D eigenvalue weighted by molar-refractivity contribution is 0.171. The number of hydrogen-bond donors (Lipinski definition) is 1. The Balaban J connectivity index is 0.000000160. The Morgan fingerprint density at radius 2 is 1.56 bits per heavy atom. The standard InChI is InChI=1S/C8H16.C7H14O/c1-7(2)8-5-3-4-6-8;1-6(2)7(5-8)3-4-7/h7-8H,3-6H2,1-2H3;6,8H,3-5H2,1-2H3. The summed E-state index contributed by atoms with van der Waals surface area (Å²) in [7, 11) is 0. The van der Waals surface area contributed by atoms with Crippen molar-refractivity contribution in [3.05, 3.63) is 0 Å². The van der Waals surface area contributed by atoms with E-state index in [1.807, 2.05) is 0 Å². The normalized spacial score (nSPS) is 23.4. The average molecular weight is 226 g/mol. The maximum absolute atomic E-state index is 8.83. The molecule has 96 valence electrons. The van der Waals surface area contributed by atoms with Gasteiger partial charge in [-0.25, -0.2) is 0 Å². The van der Waals surface area contributed by atoms with E-state index in [1.165, 1.54) is 38.5 Å². The minimum Gasteiger partial charge on any atom is -0.396 e. The van der Waals surface area contributed by atoms with E-state index in [-0.39, 0.29) is 0 Å². The zero-order chi connectivity index (χ0) is 12.2. The smallest absolute Gasteiger partial charge is 0.0489 e. The summed E-state index contributed by atoms with van der Waals surface area (Å²) >= 11 is 0. The lowest BCUT2D eigenvalue weighted by atomic mass is 9.94. The monoisotopic (exact) mass is 226 g/mol. The summed E-state index contributed by atoms with van der Waals surface area (Å²) in [6.45, 7) is 9.45. The first-order chi connectivity index (χ1) is 7.52. The van der Waals surface area contributed by atoms with E-state index in [1.54, 1.807) is 0 Å². The minimum absolute atomic E-state index is 0.347. The number of rotatable bonds is 3. The van der Waals surface area contributed by atoms with Gasteiger partial charge in [0.05, 0.1) is 0 Å². The first kappa shape index (κ1) is 14.0. The molecule has 1 heteroatoms. The highest BCUT2D eigenvalue weighted by Gasteiger charge is 2.44. The molecule has 0 bridgehead atoms.